The molecule has 0 amide bonds. The summed E-state index contributed by atoms with van der Waals surface area (Å²) in [7, 11) is 0. The third kappa shape index (κ3) is 3.30. The fourth-order valence-corrected chi connectivity index (χ4v) is 2.39. The Hall–Kier alpha value is -0.0400. The van der Waals surface area contributed by atoms with E-state index in [0.29, 0.717) is 5.41 Å². The van der Waals surface area contributed by atoms with Crippen molar-refractivity contribution in [3.63, 3.8) is 0 Å². The maximum Gasteiger partial charge on any atom is 0.0126 e. The number of nitrogens with two attached hydrogens (primary N) is 1. The molecule has 0 radical (unpaired) electrons. The molecule has 1 aliphatic carbocycles. The zero-order valence-corrected chi connectivity index (χ0v) is 9.69. The van der Waals surface area contributed by atoms with Crippen LogP contribution in [0.15, 0.2) is 0 Å². The SMILES string of the molecule is CC1(N)CCCC(C(C)(C)C)CC1. The van der Waals surface area contributed by atoms with Crippen LogP contribution in [0.25, 0.3) is 0 Å². The van der Waals surface area contributed by atoms with E-state index in [2.05, 4.69) is 27.7 Å². The van der Waals surface area contributed by atoms with E-state index in [1.54, 1.807) is 0 Å². The van der Waals surface area contributed by atoms with Crippen LogP contribution >= 0.6 is 0 Å². The molecule has 0 saturated heterocycles. The predicted octanol–water partition coefficient (Wildman–Crippen LogP) is 3.33. The molecule has 1 nitrogen and oxygen atoms in total. The Labute approximate surface area is 83.1 Å². The molecule has 1 aliphatic rings. The Bertz CT molecular complexity index is 164. The van der Waals surface area contributed by atoms with Gasteiger partial charge < -0.3 is 5.73 Å². The second-order valence-corrected chi connectivity index (χ2v) is 6.15. The minimum atomic E-state index is 0.111. The van der Waals surface area contributed by atoms with Crippen molar-refractivity contribution in [3.05, 3.63) is 0 Å². The second kappa shape index (κ2) is 3.61. The molecule has 13 heavy (non-hydrogen) atoms. The molecular weight excluding hydrogens is 158 g/mol. The highest BCUT2D eigenvalue weighted by Crippen LogP contribution is 2.38. The normalized spacial score (nSPS) is 37.2. The van der Waals surface area contributed by atoms with Crippen molar-refractivity contribution in [2.45, 2.75) is 65.3 Å². The molecule has 0 aromatic heterocycles. The minimum Gasteiger partial charge on any atom is -0.325 e. The summed E-state index contributed by atoms with van der Waals surface area (Å²) in [5.41, 5.74) is 6.77. The Kier molecular flexibility index (Phi) is 3.06. The van der Waals surface area contributed by atoms with Gasteiger partial charge in [0.2, 0.25) is 0 Å². The quantitative estimate of drug-likeness (QED) is 0.573. The molecular formula is C12H25N. The fourth-order valence-electron chi connectivity index (χ4n) is 2.39. The Balaban J connectivity index is 2.55. The van der Waals surface area contributed by atoms with Crippen molar-refractivity contribution in [2.24, 2.45) is 17.1 Å². The molecule has 0 spiro atoms. The van der Waals surface area contributed by atoms with E-state index >= 15 is 0 Å². The van der Waals surface area contributed by atoms with Crippen LogP contribution in [-0.4, -0.2) is 5.54 Å². The van der Waals surface area contributed by atoms with Gasteiger partial charge >= 0.3 is 0 Å². The highest BCUT2D eigenvalue weighted by molar-refractivity contribution is 4.86. The Morgan fingerprint density at radius 2 is 1.77 bits per heavy atom. The first-order chi connectivity index (χ1) is 5.81. The highest BCUT2D eigenvalue weighted by atomic mass is 14.7. The van der Waals surface area contributed by atoms with Crippen LogP contribution in [0.2, 0.25) is 0 Å². The van der Waals surface area contributed by atoms with Gasteiger partial charge in [0.1, 0.15) is 0 Å². The zero-order chi connectivity index (χ0) is 10.1. The maximum absolute atomic E-state index is 6.18. The molecule has 0 aromatic rings. The molecule has 0 aromatic carbocycles. The lowest BCUT2D eigenvalue weighted by Gasteiger charge is -2.30. The summed E-state index contributed by atoms with van der Waals surface area (Å²) in [6.45, 7) is 9.28. The van der Waals surface area contributed by atoms with E-state index in [-0.39, 0.29) is 5.54 Å². The molecule has 1 rings (SSSR count). The van der Waals surface area contributed by atoms with Crippen LogP contribution < -0.4 is 5.73 Å². The van der Waals surface area contributed by atoms with E-state index in [4.69, 9.17) is 5.73 Å². The largest absolute Gasteiger partial charge is 0.325 e. The van der Waals surface area contributed by atoms with Crippen molar-refractivity contribution in [1.29, 1.82) is 0 Å². The molecule has 1 fully saturated rings. The number of hydrogen-bond acceptors (Lipinski definition) is 1. The molecule has 0 heterocycles. The van der Waals surface area contributed by atoms with Crippen molar-refractivity contribution in [2.75, 3.05) is 0 Å². The van der Waals surface area contributed by atoms with E-state index in [0.717, 1.165) is 5.92 Å². The van der Waals surface area contributed by atoms with Crippen molar-refractivity contribution < 1.29 is 0 Å². The molecule has 2 atom stereocenters. The van der Waals surface area contributed by atoms with Crippen LogP contribution in [0.4, 0.5) is 0 Å². The standard InChI is InChI=1S/C12H25N/c1-11(2,3)10-6-5-8-12(4,13)9-7-10/h10H,5-9,13H2,1-4H3. The van der Waals surface area contributed by atoms with Gasteiger partial charge in [0.25, 0.3) is 0 Å². The molecule has 78 valence electrons. The third-order valence-electron chi connectivity index (χ3n) is 3.59. The summed E-state index contributed by atoms with van der Waals surface area (Å²) in [6.07, 6.45) is 6.41. The van der Waals surface area contributed by atoms with Gasteiger partial charge in [-0.1, -0.05) is 27.2 Å². The second-order valence-electron chi connectivity index (χ2n) is 6.15. The molecule has 1 saturated carbocycles. The fraction of sp³-hybridized carbons (Fsp3) is 1.00. The van der Waals surface area contributed by atoms with Gasteiger partial charge in [-0.25, -0.2) is 0 Å². The van der Waals surface area contributed by atoms with E-state index in [1.165, 1.54) is 32.1 Å². The van der Waals surface area contributed by atoms with Gasteiger partial charge in [-0.15, -0.1) is 0 Å². The maximum atomic E-state index is 6.18. The minimum absolute atomic E-state index is 0.111. The van der Waals surface area contributed by atoms with Crippen LogP contribution in [0, 0.1) is 11.3 Å². The summed E-state index contributed by atoms with van der Waals surface area (Å²) < 4.78 is 0. The van der Waals surface area contributed by atoms with Crippen LogP contribution in [0.3, 0.4) is 0 Å². The number of rotatable bonds is 0. The molecule has 2 N–H and O–H groups in total. The summed E-state index contributed by atoms with van der Waals surface area (Å²) in [5, 5.41) is 0. The van der Waals surface area contributed by atoms with Gasteiger partial charge in [-0.3, -0.25) is 0 Å². The molecule has 0 aliphatic heterocycles. The molecule has 0 bridgehead atoms. The van der Waals surface area contributed by atoms with Crippen LogP contribution in [-0.2, 0) is 0 Å². The van der Waals surface area contributed by atoms with E-state index in [1.807, 2.05) is 0 Å². The Morgan fingerprint density at radius 3 is 2.31 bits per heavy atom. The monoisotopic (exact) mass is 183 g/mol. The first-order valence-electron chi connectivity index (χ1n) is 5.60. The van der Waals surface area contributed by atoms with Gasteiger partial charge in [0.15, 0.2) is 0 Å². The molecule has 1 heteroatoms. The highest BCUT2D eigenvalue weighted by Gasteiger charge is 2.30. The van der Waals surface area contributed by atoms with Crippen molar-refractivity contribution in [3.8, 4) is 0 Å². The summed E-state index contributed by atoms with van der Waals surface area (Å²) >= 11 is 0. The van der Waals surface area contributed by atoms with Crippen molar-refractivity contribution in [1.82, 2.24) is 0 Å². The van der Waals surface area contributed by atoms with E-state index < -0.39 is 0 Å². The summed E-state index contributed by atoms with van der Waals surface area (Å²) in [4.78, 5) is 0. The lowest BCUT2D eigenvalue weighted by molar-refractivity contribution is 0.212. The molecule has 2 unspecified atom stereocenters. The Morgan fingerprint density at radius 1 is 1.15 bits per heavy atom. The average molecular weight is 183 g/mol. The third-order valence-corrected chi connectivity index (χ3v) is 3.59. The topological polar surface area (TPSA) is 26.0 Å². The summed E-state index contributed by atoms with van der Waals surface area (Å²) in [5.74, 6) is 0.873. The lowest BCUT2D eigenvalue weighted by Crippen LogP contribution is -2.35. The first kappa shape index (κ1) is 11.0. The van der Waals surface area contributed by atoms with Crippen LogP contribution in [0.5, 0.6) is 0 Å². The van der Waals surface area contributed by atoms with Gasteiger partial charge in [-0.2, -0.15) is 0 Å². The van der Waals surface area contributed by atoms with Crippen LogP contribution in [0.1, 0.15) is 59.8 Å². The van der Waals surface area contributed by atoms with Gasteiger partial charge in [-0.05, 0) is 43.9 Å². The summed E-state index contributed by atoms with van der Waals surface area (Å²) in [6, 6.07) is 0. The lowest BCUT2D eigenvalue weighted by atomic mass is 9.76. The first-order valence-corrected chi connectivity index (χ1v) is 5.60. The van der Waals surface area contributed by atoms with Gasteiger partial charge in [0.05, 0.1) is 0 Å². The number of hydrogen-bond donors (Lipinski definition) is 1. The smallest absolute Gasteiger partial charge is 0.0126 e. The van der Waals surface area contributed by atoms with Gasteiger partial charge in [0, 0.05) is 5.54 Å². The average Bonchev–Trinajstić information content (AvgIpc) is 2.08. The predicted molar refractivity (Wildman–Crippen MR) is 58.6 cm³/mol. The van der Waals surface area contributed by atoms with Crippen molar-refractivity contribution >= 4 is 0 Å². The van der Waals surface area contributed by atoms with E-state index in [9.17, 15) is 0 Å². The zero-order valence-electron chi connectivity index (χ0n) is 9.69.